The fourth-order valence-corrected chi connectivity index (χ4v) is 2.46. The number of fused-ring (bicyclic) bond motifs is 1. The maximum atomic E-state index is 9.18. The molecule has 1 aromatic carbocycles. The first-order valence-corrected chi connectivity index (χ1v) is 7.04. The molecule has 0 fully saturated rings. The Balaban J connectivity index is 2.07. The van der Waals surface area contributed by atoms with Crippen LogP contribution in [0, 0.1) is 22.7 Å². The van der Waals surface area contributed by atoms with Crippen LogP contribution in [0.2, 0.25) is 0 Å². The van der Waals surface area contributed by atoms with Crippen molar-refractivity contribution in [1.29, 1.82) is 10.5 Å². The molecule has 6 heteroatoms. The molecule has 0 saturated carbocycles. The molecule has 0 bridgehead atoms. The SMILES string of the molecule is N#Cc1cc2nc(-c3ccco3)c(-c3ccco3)nc2cc1C#N. The largest absolute Gasteiger partial charge is 0.463 e. The smallest absolute Gasteiger partial charge is 0.154 e. The zero-order chi connectivity index (χ0) is 16.5. The summed E-state index contributed by atoms with van der Waals surface area (Å²) in [6, 6.07) is 14.2. The number of hydrogen-bond donors (Lipinski definition) is 0. The lowest BCUT2D eigenvalue weighted by Gasteiger charge is -2.07. The number of nitrogens with zero attached hydrogens (tertiary/aromatic N) is 4. The minimum atomic E-state index is 0.260. The van der Waals surface area contributed by atoms with E-state index in [0.717, 1.165) is 0 Å². The number of rotatable bonds is 2. The number of hydrogen-bond acceptors (Lipinski definition) is 6. The van der Waals surface area contributed by atoms with Crippen molar-refractivity contribution in [2.45, 2.75) is 0 Å². The van der Waals surface area contributed by atoms with Gasteiger partial charge in [-0.2, -0.15) is 10.5 Å². The standard InChI is InChI=1S/C18H8N4O2/c19-9-11-7-13-14(8-12(11)10-20)22-18(16-4-2-6-24-16)17(21-13)15-3-1-5-23-15/h1-8H. The average molecular weight is 312 g/mol. The molecule has 24 heavy (non-hydrogen) atoms. The van der Waals surface area contributed by atoms with Crippen LogP contribution in [0.3, 0.4) is 0 Å². The third-order valence-electron chi connectivity index (χ3n) is 3.55. The molecule has 0 radical (unpaired) electrons. The highest BCUT2D eigenvalue weighted by molar-refractivity contribution is 5.85. The summed E-state index contributed by atoms with van der Waals surface area (Å²) in [6.07, 6.45) is 3.10. The van der Waals surface area contributed by atoms with Crippen LogP contribution in [0.1, 0.15) is 11.1 Å². The first-order valence-electron chi connectivity index (χ1n) is 7.04. The van der Waals surface area contributed by atoms with Crippen LogP contribution in [0.4, 0.5) is 0 Å². The van der Waals surface area contributed by atoms with Crippen molar-refractivity contribution in [3.8, 4) is 35.0 Å². The maximum Gasteiger partial charge on any atom is 0.154 e. The van der Waals surface area contributed by atoms with Crippen molar-refractivity contribution in [3.05, 3.63) is 60.1 Å². The van der Waals surface area contributed by atoms with Gasteiger partial charge >= 0.3 is 0 Å². The van der Waals surface area contributed by atoms with Gasteiger partial charge in [-0.1, -0.05) is 0 Å². The van der Waals surface area contributed by atoms with E-state index in [9.17, 15) is 10.5 Å². The van der Waals surface area contributed by atoms with E-state index in [2.05, 4.69) is 9.97 Å². The maximum absolute atomic E-state index is 9.18. The van der Waals surface area contributed by atoms with Crippen LogP contribution in [0.15, 0.2) is 57.8 Å². The van der Waals surface area contributed by atoms with Crippen LogP contribution in [-0.2, 0) is 0 Å². The lowest BCUT2D eigenvalue weighted by molar-refractivity contribution is 0.572. The predicted molar refractivity (Wildman–Crippen MR) is 84.4 cm³/mol. The van der Waals surface area contributed by atoms with Gasteiger partial charge in [0.2, 0.25) is 0 Å². The Morgan fingerprint density at radius 1 is 0.750 bits per heavy atom. The van der Waals surface area contributed by atoms with E-state index in [4.69, 9.17) is 8.83 Å². The lowest BCUT2D eigenvalue weighted by atomic mass is 10.1. The second kappa shape index (κ2) is 5.38. The van der Waals surface area contributed by atoms with Gasteiger partial charge < -0.3 is 8.83 Å². The summed E-state index contributed by atoms with van der Waals surface area (Å²) >= 11 is 0. The van der Waals surface area contributed by atoms with Gasteiger partial charge in [-0.15, -0.1) is 0 Å². The summed E-state index contributed by atoms with van der Waals surface area (Å²) in [5.74, 6) is 1.08. The summed E-state index contributed by atoms with van der Waals surface area (Å²) in [6.45, 7) is 0. The molecular formula is C18H8N4O2. The minimum Gasteiger partial charge on any atom is -0.463 e. The molecule has 0 aliphatic rings. The van der Waals surface area contributed by atoms with Gasteiger partial charge in [0.1, 0.15) is 23.5 Å². The third kappa shape index (κ3) is 2.11. The Kier molecular flexibility index (Phi) is 3.08. The molecule has 3 aromatic heterocycles. The lowest BCUT2D eigenvalue weighted by Crippen LogP contribution is -1.96. The highest BCUT2D eigenvalue weighted by Gasteiger charge is 2.18. The zero-order valence-electron chi connectivity index (χ0n) is 12.2. The summed E-state index contributed by atoms with van der Waals surface area (Å²) < 4.78 is 10.9. The van der Waals surface area contributed by atoms with Crippen molar-refractivity contribution in [2.24, 2.45) is 0 Å². The normalized spacial score (nSPS) is 10.4. The Morgan fingerprint density at radius 2 is 1.21 bits per heavy atom. The molecular weight excluding hydrogens is 304 g/mol. The Hall–Kier alpha value is -3.90. The van der Waals surface area contributed by atoms with Gasteiger partial charge in [-0.05, 0) is 36.4 Å². The van der Waals surface area contributed by atoms with Crippen molar-refractivity contribution >= 4 is 11.0 Å². The molecule has 0 amide bonds. The van der Waals surface area contributed by atoms with Gasteiger partial charge in [0.15, 0.2) is 11.5 Å². The predicted octanol–water partition coefficient (Wildman–Crippen LogP) is 3.89. The first kappa shape index (κ1) is 13.7. The summed E-state index contributed by atoms with van der Waals surface area (Å²) in [7, 11) is 0. The van der Waals surface area contributed by atoms with E-state index in [0.29, 0.717) is 33.9 Å². The number of furan rings is 2. The number of benzene rings is 1. The molecule has 112 valence electrons. The van der Waals surface area contributed by atoms with Gasteiger partial charge in [0.05, 0.1) is 34.7 Å². The van der Waals surface area contributed by atoms with Gasteiger partial charge in [-0.3, -0.25) is 0 Å². The van der Waals surface area contributed by atoms with Crippen LogP contribution < -0.4 is 0 Å². The van der Waals surface area contributed by atoms with Gasteiger partial charge in [-0.25, -0.2) is 9.97 Å². The molecule has 0 N–H and O–H groups in total. The van der Waals surface area contributed by atoms with Crippen LogP contribution in [-0.4, -0.2) is 9.97 Å². The average Bonchev–Trinajstić information content (AvgIpc) is 3.32. The Labute approximate surface area is 136 Å². The van der Waals surface area contributed by atoms with Crippen molar-refractivity contribution in [2.75, 3.05) is 0 Å². The Bertz CT molecular complexity index is 1020. The van der Waals surface area contributed by atoms with E-state index in [1.165, 1.54) is 0 Å². The van der Waals surface area contributed by atoms with Gasteiger partial charge in [0.25, 0.3) is 0 Å². The minimum absolute atomic E-state index is 0.260. The van der Waals surface area contributed by atoms with Crippen molar-refractivity contribution in [1.82, 2.24) is 9.97 Å². The fourth-order valence-electron chi connectivity index (χ4n) is 2.46. The van der Waals surface area contributed by atoms with Crippen molar-refractivity contribution in [3.63, 3.8) is 0 Å². The second-order valence-corrected chi connectivity index (χ2v) is 4.99. The van der Waals surface area contributed by atoms with E-state index in [1.807, 2.05) is 12.1 Å². The summed E-state index contributed by atoms with van der Waals surface area (Å²) in [4.78, 5) is 9.16. The molecule has 0 aliphatic carbocycles. The third-order valence-corrected chi connectivity index (χ3v) is 3.55. The highest BCUT2D eigenvalue weighted by atomic mass is 16.3. The van der Waals surface area contributed by atoms with E-state index < -0.39 is 0 Å². The molecule has 0 saturated heterocycles. The molecule has 0 atom stereocenters. The molecule has 0 unspecified atom stereocenters. The fraction of sp³-hybridized carbons (Fsp3) is 0. The van der Waals surface area contributed by atoms with Crippen LogP contribution >= 0.6 is 0 Å². The molecule has 4 aromatic rings. The van der Waals surface area contributed by atoms with Gasteiger partial charge in [0, 0.05) is 0 Å². The molecule has 3 heterocycles. The molecule has 0 spiro atoms. The van der Waals surface area contributed by atoms with E-state index in [-0.39, 0.29) is 11.1 Å². The molecule has 0 aliphatic heterocycles. The van der Waals surface area contributed by atoms with Crippen LogP contribution in [0.25, 0.3) is 33.9 Å². The summed E-state index contributed by atoms with van der Waals surface area (Å²) in [5.41, 5.74) is 2.55. The second-order valence-electron chi connectivity index (χ2n) is 4.99. The quantitative estimate of drug-likeness (QED) is 0.556. The van der Waals surface area contributed by atoms with Crippen molar-refractivity contribution < 1.29 is 8.83 Å². The van der Waals surface area contributed by atoms with E-state index >= 15 is 0 Å². The number of nitriles is 2. The highest BCUT2D eigenvalue weighted by Crippen LogP contribution is 2.32. The monoisotopic (exact) mass is 312 g/mol. The van der Waals surface area contributed by atoms with Crippen LogP contribution in [0.5, 0.6) is 0 Å². The molecule has 4 rings (SSSR count). The summed E-state index contributed by atoms with van der Waals surface area (Å²) in [5, 5.41) is 18.4. The first-order chi connectivity index (χ1) is 11.8. The number of aromatic nitrogens is 2. The van der Waals surface area contributed by atoms with E-state index in [1.54, 1.807) is 48.9 Å². The zero-order valence-corrected chi connectivity index (χ0v) is 12.2. The Morgan fingerprint density at radius 3 is 1.54 bits per heavy atom. The molecule has 6 nitrogen and oxygen atoms in total. The topological polar surface area (TPSA) is 99.6 Å².